The largest absolute Gasteiger partial charge is 0.478 e. The molecule has 3 fully saturated rings. The number of ether oxygens (including phenoxy) is 3. The van der Waals surface area contributed by atoms with Crippen LogP contribution in [0.15, 0.2) is 89.6 Å². The van der Waals surface area contributed by atoms with Gasteiger partial charge in [-0.2, -0.15) is 0 Å². The molecule has 12 radical (unpaired) electrons. The summed E-state index contributed by atoms with van der Waals surface area (Å²) in [6.07, 6.45) is 19.1. The van der Waals surface area contributed by atoms with Crippen LogP contribution in [-0.4, -0.2) is 186 Å². The summed E-state index contributed by atoms with van der Waals surface area (Å²) in [4.78, 5) is 50.0. The van der Waals surface area contributed by atoms with Gasteiger partial charge in [-0.1, -0.05) is 86.2 Å². The number of carbonyl (C=O) groups is 4. The van der Waals surface area contributed by atoms with E-state index in [1.54, 1.807) is 24.3 Å². The molecular weight excluding hydrogens is 1590 g/mol. The van der Waals surface area contributed by atoms with Crippen LogP contribution < -0.4 is 20.1 Å². The molecule has 17 nitrogen and oxygen atoms in total. The minimum absolute atomic E-state index is 0. The second kappa shape index (κ2) is 72.7. The van der Waals surface area contributed by atoms with E-state index in [4.69, 9.17) is 19.7 Å². The van der Waals surface area contributed by atoms with Gasteiger partial charge >= 0.3 is 23.9 Å². The minimum atomic E-state index is -0.938. The van der Waals surface area contributed by atoms with Crippen molar-refractivity contribution in [3.8, 4) is 34.8 Å². The number of esters is 3. The van der Waals surface area contributed by atoms with Crippen molar-refractivity contribution in [3.05, 3.63) is 96.1 Å². The third kappa shape index (κ3) is 43.6. The van der Waals surface area contributed by atoms with Crippen LogP contribution in [-0.2, 0) is 134 Å². The summed E-state index contributed by atoms with van der Waals surface area (Å²) in [6, 6.07) is 19.6. The Hall–Kier alpha value is -2.57. The van der Waals surface area contributed by atoms with E-state index in [1.807, 2.05) is 18.3 Å². The molecule has 4 aliphatic heterocycles. The summed E-state index contributed by atoms with van der Waals surface area (Å²) in [6.45, 7) is 21.1. The summed E-state index contributed by atoms with van der Waals surface area (Å²) in [5.74, 6) is 2.22. The molecule has 7 rings (SSSR count). The first kappa shape index (κ1) is 111. The SMILES string of the molecule is C.C#CC(=O)OC.CCC1CCN(/C=C/C(=O)OC)CC1.CCN(CC)c1ccc2c(-c3ccccc3C(=O)O)c3ccc(=[N+](CC)CC)cc-3oc2c1.CO.COC(=O)/C=C/N1CCC(CO)CC1.OCC1CCNCC1.P=S.P=S.P=S.P=S.[B].[B].[B].[Rh].[Rh].[Rh]. The van der Waals surface area contributed by atoms with Crippen LogP contribution >= 0.6 is 32.1 Å². The van der Waals surface area contributed by atoms with Crippen molar-refractivity contribution < 1.29 is 117 Å². The first-order valence-electron chi connectivity index (χ1n) is 27.7. The molecule has 92 heavy (non-hydrogen) atoms. The molecule has 0 spiro atoms. The number of nitrogens with one attached hydrogen (secondary N) is 1. The summed E-state index contributed by atoms with van der Waals surface area (Å²) >= 11 is 15.6. The topological polar surface area (TPSA) is 215 Å². The average Bonchev–Trinajstić information content (AvgIpc) is 0.754. The zero-order valence-electron chi connectivity index (χ0n) is 53.5. The smallest absolute Gasteiger partial charge is 0.383 e. The third-order valence-electron chi connectivity index (χ3n) is 13.8. The zero-order valence-corrected chi connectivity index (χ0v) is 65.7. The number of rotatable bonds is 14. The van der Waals surface area contributed by atoms with Crippen LogP contribution in [0.1, 0.15) is 97.3 Å². The average molecular weight is 1680 g/mol. The maximum absolute atomic E-state index is 12.1. The molecule has 0 amide bonds. The maximum atomic E-state index is 12.1. The number of aliphatic hydroxyl groups excluding tert-OH is 3. The number of nitrogens with zero attached hydrogens (tertiary/aromatic N) is 4. The molecule has 2 aromatic carbocycles. The Morgan fingerprint density at radius 2 is 1.12 bits per heavy atom. The number of anilines is 1. The van der Waals surface area contributed by atoms with Gasteiger partial charge in [-0.05, 0) is 159 Å². The van der Waals surface area contributed by atoms with Crippen molar-refractivity contribution in [2.45, 2.75) is 87.0 Å². The number of likely N-dealkylation sites (tertiary alicyclic amines) is 2. The van der Waals surface area contributed by atoms with Crippen molar-refractivity contribution in [1.29, 1.82) is 0 Å². The fraction of sp³-hybridized carbons (Fsp3) is 0.525. The standard InChI is InChI=1S/C28H30N2O3.C11H19NO2.C10H17NO3.C6H13NO.C4H4O2.CH4O.CH4.3B.4HPS.3Rh/c1-5-29(6-2)19-13-15-23-25(17-19)33-26-18-20(30(7-3)8-4)14-16-24(26)27(23)21-11-9-10-12-22(21)28(31)32;1-3-10-4-7-12(8-5-10)9-6-11(13)14-2;1-14-10(13)4-7-11-5-2-9(8-12)3-6-11;8-5-6-1-3-7-4-2-6;1-3-4(5)6-2;1-2;;;;;4*1-2;;;/h9-18H,5-8H2,1-4H3;6,9-10H,3-5,7-8H2,1-2H3;4,7,9,12H,2-3,5-6,8H2,1H3;6-8H,1-5H2;1H,2H3;2H,1H3;1H4;;;;4*1H;;;/p+1/b;9-6+;7-4+;;;;;;;;;;;;;;. The molecule has 0 unspecified atom stereocenters. The predicted molar refractivity (Wildman–Crippen MR) is 392 cm³/mol. The Balaban J connectivity index is -0.000000121. The van der Waals surface area contributed by atoms with Gasteiger partial charge in [-0.25, -0.2) is 23.8 Å². The van der Waals surface area contributed by atoms with Gasteiger partial charge < -0.3 is 59.1 Å². The van der Waals surface area contributed by atoms with Crippen LogP contribution in [0.3, 0.4) is 0 Å². The van der Waals surface area contributed by atoms with E-state index in [9.17, 15) is 24.3 Å². The number of carbonyl (C=O) groups excluding carboxylic acids is 3. The normalized spacial score (nSPS) is 12.4. The van der Waals surface area contributed by atoms with Gasteiger partial charge in [0.15, 0.2) is 0 Å². The molecule has 5 N–H and O–H groups in total. The van der Waals surface area contributed by atoms with Gasteiger partial charge in [-0.15, -0.1) is 6.42 Å². The van der Waals surface area contributed by atoms with Gasteiger partial charge in [0.1, 0.15) is 24.4 Å². The molecule has 516 valence electrons. The fourth-order valence-corrected chi connectivity index (χ4v) is 9.00. The Kier molecular flexibility index (Phi) is 87.6. The van der Waals surface area contributed by atoms with Crippen LogP contribution in [0.5, 0.6) is 0 Å². The van der Waals surface area contributed by atoms with Crippen LogP contribution in [0.2, 0.25) is 0 Å². The molecule has 31 heteroatoms. The number of aromatic carboxylic acids is 1. The van der Waals surface area contributed by atoms with Crippen molar-refractivity contribution in [2.24, 2.45) is 17.8 Å². The molecule has 5 aliphatic rings. The number of hydrogen-bond donors (Lipinski definition) is 5. The van der Waals surface area contributed by atoms with E-state index in [0.717, 1.165) is 143 Å². The third-order valence-corrected chi connectivity index (χ3v) is 13.8. The van der Waals surface area contributed by atoms with E-state index in [1.165, 1.54) is 52.7 Å². The number of aliphatic hydroxyl groups is 3. The monoisotopic (exact) mass is 1680 g/mol. The molecule has 0 saturated carbocycles. The number of carboxylic acids is 1. The predicted octanol–water partition coefficient (Wildman–Crippen LogP) is 8.96. The molecule has 4 heterocycles. The Morgan fingerprint density at radius 1 is 0.674 bits per heavy atom. The fourth-order valence-electron chi connectivity index (χ4n) is 9.00. The summed E-state index contributed by atoms with van der Waals surface area (Å²) < 4.78 is 21.8. The van der Waals surface area contributed by atoms with Crippen molar-refractivity contribution in [2.75, 3.05) is 112 Å². The van der Waals surface area contributed by atoms with Gasteiger partial charge in [0.2, 0.25) is 5.36 Å². The van der Waals surface area contributed by atoms with Crippen molar-refractivity contribution in [3.63, 3.8) is 0 Å². The van der Waals surface area contributed by atoms with E-state index in [0.29, 0.717) is 24.0 Å². The summed E-state index contributed by atoms with van der Waals surface area (Å²) in [7, 11) is 15.2. The number of terminal acetylenes is 1. The minimum Gasteiger partial charge on any atom is -0.478 e. The van der Waals surface area contributed by atoms with Gasteiger partial charge in [0, 0.05) is 208 Å². The van der Waals surface area contributed by atoms with E-state index in [-0.39, 0.29) is 115 Å². The van der Waals surface area contributed by atoms with Gasteiger partial charge in [-0.3, -0.25) is 0 Å². The second-order valence-electron chi connectivity index (χ2n) is 18.3. The van der Waals surface area contributed by atoms with E-state index in [2.05, 4.69) is 196 Å². The van der Waals surface area contributed by atoms with Crippen LogP contribution in [0.4, 0.5) is 5.69 Å². The first-order chi connectivity index (χ1) is 41.3. The number of benzene rings is 3. The van der Waals surface area contributed by atoms with Crippen molar-refractivity contribution >= 4 is 145 Å². The Labute approximate surface area is 623 Å². The molecule has 3 saturated heterocycles. The van der Waals surface area contributed by atoms with Crippen molar-refractivity contribution in [1.82, 2.24) is 19.7 Å². The van der Waals surface area contributed by atoms with E-state index >= 15 is 0 Å². The number of hydrogen-bond acceptors (Lipinski definition) is 19. The van der Waals surface area contributed by atoms with Crippen LogP contribution in [0, 0.1) is 30.1 Å². The molecule has 0 atom stereocenters. The number of fused-ring (bicyclic) bond motifs is 2. The quantitative estimate of drug-likeness (QED) is 0.00917. The molecule has 0 bridgehead atoms. The molecular formula is C61H96B3N5O12P4Rh3S4+. The Morgan fingerprint density at radius 3 is 1.49 bits per heavy atom. The van der Waals surface area contributed by atoms with Gasteiger partial charge in [0.05, 0.1) is 33.0 Å². The zero-order chi connectivity index (χ0) is 65.1. The number of piperidine rings is 3. The van der Waals surface area contributed by atoms with Gasteiger partial charge in [0.25, 0.3) is 0 Å². The van der Waals surface area contributed by atoms with E-state index < -0.39 is 11.9 Å². The molecule has 0 aromatic heterocycles. The van der Waals surface area contributed by atoms with Crippen LogP contribution in [0.25, 0.3) is 33.4 Å². The molecule has 1 aliphatic carbocycles. The first-order valence-corrected chi connectivity index (χ1v) is 34.2. The number of methoxy groups -OCH3 is 3. The molecule has 2 aromatic rings. The summed E-state index contributed by atoms with van der Waals surface area (Å²) in [5.41, 5.74) is 4.62. The second-order valence-corrected chi connectivity index (χ2v) is 18.3. The number of carboxylic acid groups (broad SMARTS) is 1. The summed E-state index contributed by atoms with van der Waals surface area (Å²) in [5, 5.41) is 39.7. The maximum Gasteiger partial charge on any atom is 0.383 e. The Bertz CT molecular complexity index is 2600.